The molecule has 2 aromatic carbocycles. The number of Topliss-reactive ketones (excluding diaryl/α,β-unsaturated/α-hetero) is 1. The second-order valence-electron chi connectivity index (χ2n) is 7.02. The van der Waals surface area contributed by atoms with Crippen molar-refractivity contribution in [3.05, 3.63) is 76.7 Å². The lowest BCUT2D eigenvalue weighted by molar-refractivity contribution is -0.122. The lowest BCUT2D eigenvalue weighted by atomic mass is 9.73. The molecule has 2 atom stereocenters. The minimum Gasteiger partial charge on any atom is -0.497 e. The van der Waals surface area contributed by atoms with E-state index in [1.54, 1.807) is 25.3 Å². The van der Waals surface area contributed by atoms with Crippen molar-refractivity contribution in [1.82, 2.24) is 5.32 Å². The largest absolute Gasteiger partial charge is 0.497 e. The number of halogens is 1. The smallest absolute Gasteiger partial charge is 0.225 e. The summed E-state index contributed by atoms with van der Waals surface area (Å²) in [6.07, 6.45) is 1.01. The van der Waals surface area contributed by atoms with Gasteiger partial charge in [0.15, 0.2) is 5.78 Å². The highest BCUT2D eigenvalue weighted by atomic mass is 19.1. The number of carbonyl (C=O) groups is 2. The summed E-state index contributed by atoms with van der Waals surface area (Å²) < 4.78 is 19.5. The maximum Gasteiger partial charge on any atom is 0.225 e. The van der Waals surface area contributed by atoms with E-state index in [1.165, 1.54) is 6.07 Å². The fourth-order valence-electron chi connectivity index (χ4n) is 4.10. The molecular weight excluding hydrogens is 345 g/mol. The molecule has 1 aliphatic carbocycles. The molecular formula is C22H20FNO3. The van der Waals surface area contributed by atoms with Crippen molar-refractivity contribution in [1.29, 1.82) is 0 Å². The summed E-state index contributed by atoms with van der Waals surface area (Å²) in [4.78, 5) is 25.2. The van der Waals surface area contributed by atoms with Gasteiger partial charge in [0.2, 0.25) is 5.91 Å². The number of carbonyl (C=O) groups excluding carboxylic acids is 2. The Morgan fingerprint density at radius 3 is 2.44 bits per heavy atom. The molecule has 0 bridgehead atoms. The highest BCUT2D eigenvalue weighted by Crippen LogP contribution is 2.43. The summed E-state index contributed by atoms with van der Waals surface area (Å²) in [6.45, 7) is 0. The second kappa shape index (κ2) is 6.99. The predicted molar refractivity (Wildman–Crippen MR) is 98.9 cm³/mol. The van der Waals surface area contributed by atoms with E-state index in [2.05, 4.69) is 5.32 Å². The van der Waals surface area contributed by atoms with Crippen LogP contribution in [0.3, 0.4) is 0 Å². The van der Waals surface area contributed by atoms with Crippen LogP contribution in [0.1, 0.15) is 42.2 Å². The van der Waals surface area contributed by atoms with E-state index in [4.69, 9.17) is 4.74 Å². The lowest BCUT2D eigenvalue weighted by Gasteiger charge is -2.34. The van der Waals surface area contributed by atoms with Crippen LogP contribution in [0.5, 0.6) is 5.75 Å². The van der Waals surface area contributed by atoms with Gasteiger partial charge in [0.1, 0.15) is 11.6 Å². The summed E-state index contributed by atoms with van der Waals surface area (Å²) in [5, 5.41) is 2.86. The van der Waals surface area contributed by atoms with Gasteiger partial charge in [-0.15, -0.1) is 0 Å². The van der Waals surface area contributed by atoms with Gasteiger partial charge in [0, 0.05) is 30.0 Å². The summed E-state index contributed by atoms with van der Waals surface area (Å²) in [5.41, 5.74) is 2.63. The molecule has 2 aromatic rings. The Bertz CT molecular complexity index is 933. The number of amides is 1. The number of nitrogens with one attached hydrogen (secondary N) is 1. The molecule has 27 heavy (non-hydrogen) atoms. The standard InChI is InChI=1S/C22H20FNO3/c1-27-15-8-6-13(7-9-15)14-10-19-22(20(25)11-14)17(12-21(26)24-19)16-4-2-3-5-18(16)23/h2-9,14,17H,10-12H2,1H3,(H,24,26)/t14-,17+/m0/s1. The molecule has 0 radical (unpaired) electrons. The van der Waals surface area contributed by atoms with Gasteiger partial charge in [-0.1, -0.05) is 30.3 Å². The molecule has 0 spiro atoms. The van der Waals surface area contributed by atoms with Crippen molar-refractivity contribution in [3.8, 4) is 5.75 Å². The number of benzene rings is 2. The quantitative estimate of drug-likeness (QED) is 0.899. The topological polar surface area (TPSA) is 55.4 Å². The van der Waals surface area contributed by atoms with Gasteiger partial charge in [0.05, 0.1) is 7.11 Å². The number of hydrogen-bond acceptors (Lipinski definition) is 3. The van der Waals surface area contributed by atoms with E-state index >= 15 is 0 Å². The van der Waals surface area contributed by atoms with Crippen molar-refractivity contribution in [2.24, 2.45) is 0 Å². The Morgan fingerprint density at radius 1 is 1.00 bits per heavy atom. The second-order valence-corrected chi connectivity index (χ2v) is 7.02. The fourth-order valence-corrected chi connectivity index (χ4v) is 4.10. The van der Waals surface area contributed by atoms with Gasteiger partial charge in [-0.2, -0.15) is 0 Å². The Balaban J connectivity index is 1.70. The number of ether oxygens (including phenoxy) is 1. The summed E-state index contributed by atoms with van der Waals surface area (Å²) in [7, 11) is 1.61. The van der Waals surface area contributed by atoms with Crippen molar-refractivity contribution >= 4 is 11.7 Å². The molecule has 138 valence electrons. The molecule has 4 nitrogen and oxygen atoms in total. The average molecular weight is 365 g/mol. The fraction of sp³-hybridized carbons (Fsp3) is 0.273. The molecule has 5 heteroatoms. The van der Waals surface area contributed by atoms with Gasteiger partial charge in [-0.25, -0.2) is 4.39 Å². The molecule has 1 amide bonds. The van der Waals surface area contributed by atoms with E-state index in [0.29, 0.717) is 29.7 Å². The van der Waals surface area contributed by atoms with Crippen LogP contribution in [0, 0.1) is 5.82 Å². The zero-order chi connectivity index (χ0) is 19.0. The first-order chi connectivity index (χ1) is 13.1. The van der Waals surface area contributed by atoms with Crippen LogP contribution in [0.2, 0.25) is 0 Å². The van der Waals surface area contributed by atoms with E-state index in [1.807, 2.05) is 24.3 Å². The molecule has 2 aliphatic rings. The van der Waals surface area contributed by atoms with Crippen molar-refractivity contribution < 1.29 is 18.7 Å². The zero-order valence-electron chi connectivity index (χ0n) is 15.0. The van der Waals surface area contributed by atoms with Crippen LogP contribution < -0.4 is 10.1 Å². The SMILES string of the molecule is COc1ccc([C@@H]2CC(=O)C3=C(C2)NC(=O)C[C@@H]3c2ccccc2F)cc1. The van der Waals surface area contributed by atoms with Crippen molar-refractivity contribution in [2.45, 2.75) is 31.1 Å². The Hall–Kier alpha value is -2.95. The molecule has 0 fully saturated rings. The molecule has 4 rings (SSSR count). The van der Waals surface area contributed by atoms with E-state index in [0.717, 1.165) is 11.3 Å². The number of rotatable bonds is 3. The molecule has 0 saturated carbocycles. The van der Waals surface area contributed by atoms with Crippen molar-refractivity contribution in [3.63, 3.8) is 0 Å². The third kappa shape index (κ3) is 3.25. The Morgan fingerprint density at radius 2 is 1.74 bits per heavy atom. The van der Waals surface area contributed by atoms with E-state index < -0.39 is 5.92 Å². The summed E-state index contributed by atoms with van der Waals surface area (Å²) >= 11 is 0. The van der Waals surface area contributed by atoms with Crippen LogP contribution in [-0.2, 0) is 9.59 Å². The van der Waals surface area contributed by atoms with E-state index in [-0.39, 0.29) is 29.8 Å². The third-order valence-electron chi connectivity index (χ3n) is 5.40. The first-order valence-electron chi connectivity index (χ1n) is 9.01. The molecule has 0 aromatic heterocycles. The maximum atomic E-state index is 14.3. The lowest BCUT2D eigenvalue weighted by Crippen LogP contribution is -2.38. The first-order valence-corrected chi connectivity index (χ1v) is 9.01. The molecule has 0 unspecified atom stereocenters. The monoisotopic (exact) mass is 365 g/mol. The van der Waals surface area contributed by atoms with Crippen LogP contribution in [0.25, 0.3) is 0 Å². The van der Waals surface area contributed by atoms with Gasteiger partial charge in [-0.3, -0.25) is 9.59 Å². The maximum absolute atomic E-state index is 14.3. The van der Waals surface area contributed by atoms with Gasteiger partial charge < -0.3 is 10.1 Å². The zero-order valence-corrected chi connectivity index (χ0v) is 15.0. The number of allylic oxidation sites excluding steroid dienone is 2. The van der Waals surface area contributed by atoms with Gasteiger partial charge >= 0.3 is 0 Å². The highest BCUT2D eigenvalue weighted by molar-refractivity contribution is 6.02. The normalized spacial score (nSPS) is 22.3. The van der Waals surface area contributed by atoms with Crippen LogP contribution >= 0.6 is 0 Å². The van der Waals surface area contributed by atoms with Crippen molar-refractivity contribution in [2.75, 3.05) is 7.11 Å². The van der Waals surface area contributed by atoms with Gasteiger partial charge in [0.25, 0.3) is 0 Å². The minimum atomic E-state index is -0.515. The van der Waals surface area contributed by atoms with E-state index in [9.17, 15) is 14.0 Å². The Kier molecular flexibility index (Phi) is 4.52. The first kappa shape index (κ1) is 17.5. The summed E-state index contributed by atoms with van der Waals surface area (Å²) in [5.74, 6) is -0.350. The molecule has 0 saturated heterocycles. The summed E-state index contributed by atoms with van der Waals surface area (Å²) in [6, 6.07) is 14.0. The number of ketones is 1. The number of hydrogen-bond donors (Lipinski definition) is 1. The third-order valence-corrected chi connectivity index (χ3v) is 5.40. The van der Waals surface area contributed by atoms with Crippen LogP contribution in [-0.4, -0.2) is 18.8 Å². The molecule has 1 aliphatic heterocycles. The highest BCUT2D eigenvalue weighted by Gasteiger charge is 2.38. The minimum absolute atomic E-state index is 0.0122. The average Bonchev–Trinajstić information content (AvgIpc) is 2.67. The predicted octanol–water partition coefficient (Wildman–Crippen LogP) is 3.84. The molecule has 1 heterocycles. The van der Waals surface area contributed by atoms with Gasteiger partial charge in [-0.05, 0) is 41.7 Å². The van der Waals surface area contributed by atoms with Crippen LogP contribution in [0.4, 0.5) is 4.39 Å². The number of methoxy groups -OCH3 is 1. The van der Waals surface area contributed by atoms with Crippen LogP contribution in [0.15, 0.2) is 59.8 Å². The molecule has 1 N–H and O–H groups in total. The Labute approximate surface area is 157 Å².